The van der Waals surface area contributed by atoms with Crippen molar-refractivity contribution in [3.8, 4) is 0 Å². The molecule has 17 heavy (non-hydrogen) atoms. The molecule has 0 aliphatic heterocycles. The van der Waals surface area contributed by atoms with Crippen molar-refractivity contribution >= 4 is 0 Å². The molecule has 0 saturated heterocycles. The Hall–Kier alpha value is -0.200. The molecule has 0 amide bonds. The highest BCUT2D eigenvalue weighted by atomic mass is 16.6. The van der Waals surface area contributed by atoms with Gasteiger partial charge in [0.2, 0.25) is 0 Å². The summed E-state index contributed by atoms with van der Waals surface area (Å²) in [5, 5.41) is 9.81. The zero-order chi connectivity index (χ0) is 13.4. The molecular weight excluding hydrogens is 218 g/mol. The molecule has 0 saturated carbocycles. The summed E-state index contributed by atoms with van der Waals surface area (Å²) in [6.45, 7) is 9.38. The topological polar surface area (TPSA) is 54.5 Å². The van der Waals surface area contributed by atoms with Gasteiger partial charge in [0.1, 0.15) is 0 Å². The summed E-state index contributed by atoms with van der Waals surface area (Å²) >= 11 is 0. The summed E-state index contributed by atoms with van der Waals surface area (Å²) in [6, 6.07) is 0. The van der Waals surface area contributed by atoms with Gasteiger partial charge in [0.05, 0.1) is 0 Å². The van der Waals surface area contributed by atoms with Crippen molar-refractivity contribution in [2.75, 3.05) is 27.3 Å². The molecule has 0 spiro atoms. The van der Waals surface area contributed by atoms with E-state index in [1.807, 2.05) is 27.9 Å². The Morgan fingerprint density at radius 1 is 0.765 bits per heavy atom. The van der Waals surface area contributed by atoms with Crippen molar-refractivity contribution < 1.29 is 9.47 Å². The van der Waals surface area contributed by atoms with Crippen molar-refractivity contribution in [1.82, 2.24) is 16.0 Å². The second-order valence-corrected chi connectivity index (χ2v) is 3.85. The highest BCUT2D eigenvalue weighted by molar-refractivity contribution is 4.82. The van der Waals surface area contributed by atoms with Gasteiger partial charge in [0.15, 0.2) is 11.7 Å². The van der Waals surface area contributed by atoms with Crippen molar-refractivity contribution in [3.63, 3.8) is 0 Å². The van der Waals surface area contributed by atoms with Crippen LogP contribution in [0.2, 0.25) is 0 Å². The standard InChI is InChI=1S/C12H29N3O2/c1-7-11(13-5,16-9-3)15-12(8-2,14-6)17-10-4/h13-15H,7-10H2,1-6H3. The lowest BCUT2D eigenvalue weighted by molar-refractivity contribution is -0.182. The van der Waals surface area contributed by atoms with Crippen LogP contribution >= 0.6 is 0 Å². The van der Waals surface area contributed by atoms with E-state index >= 15 is 0 Å². The first kappa shape index (κ1) is 16.8. The number of rotatable bonds is 10. The van der Waals surface area contributed by atoms with E-state index in [-0.39, 0.29) is 0 Å². The molecule has 0 aromatic heterocycles. The first-order chi connectivity index (χ1) is 8.07. The molecule has 0 aliphatic carbocycles. The first-order valence-electron chi connectivity index (χ1n) is 6.52. The SMILES string of the molecule is CCOC(CC)(NC)NC(CC)(NC)OCC. The average Bonchev–Trinajstić information content (AvgIpc) is 2.37. The number of hydrogen-bond donors (Lipinski definition) is 3. The molecule has 0 heterocycles. The van der Waals surface area contributed by atoms with E-state index < -0.39 is 11.7 Å². The van der Waals surface area contributed by atoms with Gasteiger partial charge in [-0.1, -0.05) is 13.8 Å². The Kier molecular flexibility index (Phi) is 7.91. The van der Waals surface area contributed by atoms with E-state index in [1.54, 1.807) is 0 Å². The van der Waals surface area contributed by atoms with Crippen LogP contribution in [-0.4, -0.2) is 39.0 Å². The second-order valence-electron chi connectivity index (χ2n) is 3.85. The number of ether oxygens (including phenoxy) is 2. The summed E-state index contributed by atoms with van der Waals surface area (Å²) in [7, 11) is 3.77. The Balaban J connectivity index is 4.89. The molecule has 104 valence electrons. The molecule has 2 unspecified atom stereocenters. The molecule has 0 fully saturated rings. The van der Waals surface area contributed by atoms with E-state index in [2.05, 4.69) is 29.8 Å². The van der Waals surface area contributed by atoms with Gasteiger partial charge in [-0.2, -0.15) is 0 Å². The Labute approximate surface area is 106 Å². The molecule has 5 heteroatoms. The summed E-state index contributed by atoms with van der Waals surface area (Å²) in [6.07, 6.45) is 1.60. The summed E-state index contributed by atoms with van der Waals surface area (Å²) < 4.78 is 11.6. The Morgan fingerprint density at radius 2 is 1.12 bits per heavy atom. The second kappa shape index (κ2) is 8.00. The first-order valence-corrected chi connectivity index (χ1v) is 6.52. The highest BCUT2D eigenvalue weighted by Gasteiger charge is 2.37. The largest absolute Gasteiger partial charge is 0.347 e. The minimum atomic E-state index is -0.567. The normalized spacial score (nSPS) is 18.7. The lowest BCUT2D eigenvalue weighted by Gasteiger charge is -2.43. The van der Waals surface area contributed by atoms with E-state index in [0.29, 0.717) is 13.2 Å². The molecule has 0 aromatic carbocycles. The summed E-state index contributed by atoms with van der Waals surface area (Å²) in [4.78, 5) is 0. The molecule has 0 radical (unpaired) electrons. The predicted octanol–water partition coefficient (Wildman–Crippen LogP) is 1.22. The zero-order valence-corrected chi connectivity index (χ0v) is 12.1. The van der Waals surface area contributed by atoms with Crippen LogP contribution in [-0.2, 0) is 9.47 Å². The maximum atomic E-state index is 5.79. The van der Waals surface area contributed by atoms with Gasteiger partial charge in [0, 0.05) is 26.1 Å². The fourth-order valence-corrected chi connectivity index (χ4v) is 1.89. The van der Waals surface area contributed by atoms with E-state index in [4.69, 9.17) is 9.47 Å². The molecule has 0 aromatic rings. The van der Waals surface area contributed by atoms with Gasteiger partial charge in [-0.05, 0) is 27.9 Å². The fraction of sp³-hybridized carbons (Fsp3) is 1.00. The third kappa shape index (κ3) is 4.52. The van der Waals surface area contributed by atoms with Gasteiger partial charge >= 0.3 is 0 Å². The van der Waals surface area contributed by atoms with Gasteiger partial charge in [-0.3, -0.25) is 10.6 Å². The quantitative estimate of drug-likeness (QED) is 0.507. The van der Waals surface area contributed by atoms with E-state index in [1.165, 1.54) is 0 Å². The molecule has 0 rings (SSSR count). The zero-order valence-electron chi connectivity index (χ0n) is 12.1. The Morgan fingerprint density at radius 3 is 1.29 bits per heavy atom. The molecule has 5 nitrogen and oxygen atoms in total. The smallest absolute Gasteiger partial charge is 0.177 e. The van der Waals surface area contributed by atoms with Crippen LogP contribution in [0.5, 0.6) is 0 Å². The highest BCUT2D eigenvalue weighted by Crippen LogP contribution is 2.17. The summed E-state index contributed by atoms with van der Waals surface area (Å²) in [5.74, 6) is -1.13. The predicted molar refractivity (Wildman–Crippen MR) is 70.6 cm³/mol. The maximum Gasteiger partial charge on any atom is 0.177 e. The third-order valence-corrected chi connectivity index (χ3v) is 2.99. The average molecular weight is 247 g/mol. The van der Waals surface area contributed by atoms with Gasteiger partial charge in [-0.25, -0.2) is 5.32 Å². The van der Waals surface area contributed by atoms with Crippen molar-refractivity contribution in [2.45, 2.75) is 52.2 Å². The molecule has 0 aliphatic rings. The minimum absolute atomic E-state index is 0.567. The lowest BCUT2D eigenvalue weighted by atomic mass is 10.2. The van der Waals surface area contributed by atoms with Gasteiger partial charge in [-0.15, -0.1) is 0 Å². The molecule has 3 N–H and O–H groups in total. The molecule has 0 bridgehead atoms. The van der Waals surface area contributed by atoms with Crippen molar-refractivity contribution in [3.05, 3.63) is 0 Å². The van der Waals surface area contributed by atoms with Crippen LogP contribution in [0.15, 0.2) is 0 Å². The lowest BCUT2D eigenvalue weighted by Crippen LogP contribution is -2.70. The van der Waals surface area contributed by atoms with Crippen LogP contribution in [0, 0.1) is 0 Å². The van der Waals surface area contributed by atoms with E-state index in [9.17, 15) is 0 Å². The number of nitrogens with one attached hydrogen (secondary N) is 3. The molecular formula is C12H29N3O2. The van der Waals surface area contributed by atoms with Crippen LogP contribution in [0.4, 0.5) is 0 Å². The van der Waals surface area contributed by atoms with E-state index in [0.717, 1.165) is 12.8 Å². The van der Waals surface area contributed by atoms with Crippen LogP contribution in [0.3, 0.4) is 0 Å². The van der Waals surface area contributed by atoms with Gasteiger partial charge in [0.25, 0.3) is 0 Å². The van der Waals surface area contributed by atoms with Crippen LogP contribution < -0.4 is 16.0 Å². The van der Waals surface area contributed by atoms with Crippen molar-refractivity contribution in [1.29, 1.82) is 0 Å². The maximum absolute atomic E-state index is 5.79. The molecule has 2 atom stereocenters. The van der Waals surface area contributed by atoms with Crippen LogP contribution in [0.25, 0.3) is 0 Å². The van der Waals surface area contributed by atoms with Crippen LogP contribution in [0.1, 0.15) is 40.5 Å². The monoisotopic (exact) mass is 247 g/mol. The van der Waals surface area contributed by atoms with Crippen molar-refractivity contribution in [2.24, 2.45) is 0 Å². The fourth-order valence-electron chi connectivity index (χ4n) is 1.89. The third-order valence-electron chi connectivity index (χ3n) is 2.99. The minimum Gasteiger partial charge on any atom is -0.347 e. The van der Waals surface area contributed by atoms with Gasteiger partial charge < -0.3 is 9.47 Å². The summed E-state index contributed by atoms with van der Waals surface area (Å²) in [5.41, 5.74) is 0. The Bertz CT molecular complexity index is 172. The number of hydrogen-bond acceptors (Lipinski definition) is 5.